The summed E-state index contributed by atoms with van der Waals surface area (Å²) in [6.07, 6.45) is 97.9. The van der Waals surface area contributed by atoms with Crippen molar-refractivity contribution in [3.63, 3.8) is 0 Å². The van der Waals surface area contributed by atoms with E-state index in [1.807, 2.05) is 0 Å². The summed E-state index contributed by atoms with van der Waals surface area (Å²) >= 11 is 0. The van der Waals surface area contributed by atoms with Crippen LogP contribution >= 0.6 is 0 Å². The number of ether oxygens (including phenoxy) is 4. The van der Waals surface area contributed by atoms with Gasteiger partial charge in [0, 0.05) is 62.5 Å². The molecule has 0 unspecified atom stereocenters. The number of hydrogen-bond donors (Lipinski definition) is 1. The molecule has 0 radical (unpaired) electrons. The molecular weight excluding hydrogens is 1440 g/mol. The van der Waals surface area contributed by atoms with Gasteiger partial charge in [0.15, 0.2) is 0 Å². The van der Waals surface area contributed by atoms with Crippen molar-refractivity contribution >= 4 is 18.0 Å². The van der Waals surface area contributed by atoms with Crippen LogP contribution in [0, 0.1) is 10.1 Å². The molecule has 0 atom stereocenters. The highest BCUT2D eigenvalue weighted by Gasteiger charge is 2.24. The number of non-ortho nitro benzene ring substituents is 1. The average Bonchev–Trinajstić information content (AvgIpc) is 0.893. The van der Waals surface area contributed by atoms with Crippen molar-refractivity contribution in [3.8, 4) is 5.75 Å². The molecule has 1 N–H and O–H groups in total. The third-order valence-electron chi connectivity index (χ3n) is 21.2. The second-order valence-corrected chi connectivity index (χ2v) is 34.8. The van der Waals surface area contributed by atoms with Gasteiger partial charge in [-0.15, -0.1) is 0 Å². The quantitative estimate of drug-likeness (QED) is 0.0165. The minimum atomic E-state index is -0.732. The summed E-state index contributed by atoms with van der Waals surface area (Å²) in [5.41, 5.74) is 0.131. The Labute approximate surface area is 716 Å². The summed E-state index contributed by atoms with van der Waals surface area (Å²) in [5, 5.41) is 19.8. The van der Waals surface area contributed by atoms with Crippen molar-refractivity contribution < 1.29 is 38.6 Å². The van der Waals surface area contributed by atoms with Gasteiger partial charge in [-0.2, -0.15) is 0 Å². The van der Waals surface area contributed by atoms with Gasteiger partial charge in [0.1, 0.15) is 24.6 Å². The fourth-order valence-electron chi connectivity index (χ4n) is 13.6. The first kappa shape index (κ1) is 113. The molecule has 672 valence electrons. The van der Waals surface area contributed by atoms with Crippen LogP contribution in [0.2, 0.25) is 0 Å². The summed E-state index contributed by atoms with van der Waals surface area (Å²) in [7, 11) is 8.33. The van der Waals surface area contributed by atoms with E-state index in [9.17, 15) is 19.7 Å². The van der Waals surface area contributed by atoms with E-state index >= 15 is 0 Å². The molecule has 0 bridgehead atoms. The van der Waals surface area contributed by atoms with Crippen molar-refractivity contribution in [3.05, 3.63) is 132 Å². The molecule has 0 aromatic heterocycles. The molecule has 1 aromatic rings. The molecule has 0 aliphatic rings. The molecule has 0 spiro atoms. The highest BCUT2D eigenvalue weighted by molar-refractivity contribution is 5.64. The minimum absolute atomic E-state index is 0.0227. The smallest absolute Gasteiger partial charge is 0.433 e. The van der Waals surface area contributed by atoms with Crippen LogP contribution in [-0.2, 0) is 14.2 Å². The molecule has 116 heavy (non-hydrogen) atoms. The molecule has 14 nitrogen and oxygen atoms in total. The Balaban J connectivity index is 0. The summed E-state index contributed by atoms with van der Waals surface area (Å²) < 4.78 is 22.7. The molecule has 0 saturated carbocycles. The molecular formula is C102H185N5O9. The number of nitro groups is 1. The first-order valence-electron chi connectivity index (χ1n) is 47.7. The van der Waals surface area contributed by atoms with Crippen LogP contribution < -0.4 is 4.74 Å². The maximum atomic E-state index is 12.8. The number of unbranched alkanes of at least 4 members (excludes halogenated alkanes) is 36. The van der Waals surface area contributed by atoms with E-state index in [2.05, 4.69) is 214 Å². The third kappa shape index (κ3) is 82.6. The molecule has 1 aromatic carbocycles. The number of aliphatic hydroxyl groups is 1. The van der Waals surface area contributed by atoms with Gasteiger partial charge < -0.3 is 33.9 Å². The summed E-state index contributed by atoms with van der Waals surface area (Å²) in [4.78, 5) is 44.9. The summed E-state index contributed by atoms with van der Waals surface area (Å²) in [6.45, 7) is 28.3. The van der Waals surface area contributed by atoms with E-state index in [4.69, 9.17) is 24.1 Å². The number of nitrogens with zero attached hydrogens (tertiary/aromatic N) is 5. The van der Waals surface area contributed by atoms with Crippen LogP contribution in [0.15, 0.2) is 121 Å². The normalized spacial score (nSPS) is 12.4. The summed E-state index contributed by atoms with van der Waals surface area (Å²) in [6, 6.07) is 5.52. The predicted octanol–water partition coefficient (Wildman–Crippen LogP) is 30.1. The number of benzene rings is 1. The number of nitro benzene ring substituents is 1. The van der Waals surface area contributed by atoms with Crippen molar-refractivity contribution in [2.45, 2.75) is 426 Å². The Hall–Kier alpha value is -5.12. The van der Waals surface area contributed by atoms with Crippen LogP contribution in [-0.4, -0.2) is 146 Å². The van der Waals surface area contributed by atoms with Gasteiger partial charge in [-0.05, 0) is 262 Å². The third-order valence-corrected chi connectivity index (χ3v) is 21.2. The van der Waals surface area contributed by atoms with Gasteiger partial charge in [-0.25, -0.2) is 9.59 Å². The number of allylic oxidation sites excluding steroid dienone is 16. The zero-order chi connectivity index (χ0) is 85.7. The summed E-state index contributed by atoms with van der Waals surface area (Å²) in [5.74, 6) is 0.252. The maximum Gasteiger partial charge on any atom is 0.514 e. The number of hydrogen-bond acceptors (Lipinski definition) is 13. The SMILES string of the molecule is CCCCC/C=C\C/C=C\CCCCCCCCC(CCCCCCCC/C=C\C/C=C\CCCCC)OC(=O)OCCN(CCN(C)C)C(C)(C)C.CCCCC/C=C\C/C=C\CCCCCCCCC(CCCCCCCC/C=C\C/C=C\CCCCC)OC(=O)Oc1ccc([N+](=O)[O-])cc1.CN(C)CCN(CCO)C(C)(C)C. The Bertz CT molecular complexity index is 2460. The number of carbonyl (C=O) groups is 2. The van der Waals surface area contributed by atoms with Crippen molar-refractivity contribution in [1.29, 1.82) is 0 Å². The lowest BCUT2D eigenvalue weighted by Crippen LogP contribution is -2.46. The molecule has 0 fully saturated rings. The Kier molecular flexibility index (Phi) is 82.6. The van der Waals surface area contributed by atoms with Gasteiger partial charge in [0.05, 0.1) is 11.5 Å². The minimum Gasteiger partial charge on any atom is -0.433 e. The first-order valence-corrected chi connectivity index (χ1v) is 47.7. The van der Waals surface area contributed by atoms with E-state index < -0.39 is 17.2 Å². The maximum absolute atomic E-state index is 12.8. The van der Waals surface area contributed by atoms with Crippen molar-refractivity contribution in [2.75, 3.05) is 80.7 Å². The van der Waals surface area contributed by atoms with E-state index in [1.165, 1.54) is 255 Å². The Morgan fingerprint density at radius 3 is 0.879 bits per heavy atom. The van der Waals surface area contributed by atoms with E-state index in [-0.39, 0.29) is 41.3 Å². The van der Waals surface area contributed by atoms with Gasteiger partial charge in [0.25, 0.3) is 5.69 Å². The molecule has 0 aliphatic carbocycles. The first-order chi connectivity index (χ1) is 56.1. The zero-order valence-electron chi connectivity index (χ0n) is 78.1. The number of β-amino-alcohol motifs (C(OH)–C–C–N with tert-alkyl or cyclic N) is 1. The van der Waals surface area contributed by atoms with E-state index in [0.717, 1.165) is 142 Å². The number of aliphatic hydroxyl groups excluding tert-OH is 1. The Morgan fingerprint density at radius 1 is 0.362 bits per heavy atom. The second kappa shape index (κ2) is 84.9. The highest BCUT2D eigenvalue weighted by atomic mass is 16.7. The molecule has 0 aliphatic heterocycles. The number of rotatable bonds is 75. The largest absolute Gasteiger partial charge is 0.514 e. The van der Waals surface area contributed by atoms with Crippen LogP contribution in [0.5, 0.6) is 5.75 Å². The lowest BCUT2D eigenvalue weighted by molar-refractivity contribution is -0.384. The van der Waals surface area contributed by atoms with Crippen molar-refractivity contribution in [1.82, 2.24) is 19.6 Å². The fourth-order valence-corrected chi connectivity index (χ4v) is 13.6. The van der Waals surface area contributed by atoms with Crippen LogP contribution in [0.4, 0.5) is 15.3 Å². The van der Waals surface area contributed by atoms with Gasteiger partial charge in [-0.1, -0.05) is 279 Å². The zero-order valence-corrected chi connectivity index (χ0v) is 78.1. The van der Waals surface area contributed by atoms with Crippen LogP contribution in [0.25, 0.3) is 0 Å². The van der Waals surface area contributed by atoms with E-state index in [0.29, 0.717) is 6.61 Å². The average molecular weight is 1630 g/mol. The lowest BCUT2D eigenvalue weighted by atomic mass is 10.0. The van der Waals surface area contributed by atoms with Crippen LogP contribution in [0.3, 0.4) is 0 Å². The number of likely N-dealkylation sites (N-methyl/N-ethyl adjacent to an activating group) is 2. The monoisotopic (exact) mass is 1620 g/mol. The molecule has 14 heteroatoms. The van der Waals surface area contributed by atoms with E-state index in [1.54, 1.807) is 0 Å². The second-order valence-electron chi connectivity index (χ2n) is 34.8. The Morgan fingerprint density at radius 2 is 0.621 bits per heavy atom. The lowest BCUT2D eigenvalue weighted by Gasteiger charge is -2.36. The van der Waals surface area contributed by atoms with Gasteiger partial charge in [0.2, 0.25) is 0 Å². The fraction of sp³-hybridized carbons (Fsp3) is 0.765. The molecule has 0 saturated heterocycles. The van der Waals surface area contributed by atoms with Crippen molar-refractivity contribution in [2.24, 2.45) is 0 Å². The van der Waals surface area contributed by atoms with Gasteiger partial charge >= 0.3 is 12.3 Å². The predicted molar refractivity (Wildman–Crippen MR) is 503 cm³/mol. The highest BCUT2D eigenvalue weighted by Crippen LogP contribution is 2.24. The van der Waals surface area contributed by atoms with Crippen LogP contribution in [0.1, 0.15) is 403 Å². The number of carbonyl (C=O) groups excluding carboxylic acids is 2. The topological polar surface area (TPSA) is 147 Å². The molecule has 0 amide bonds. The van der Waals surface area contributed by atoms with Gasteiger partial charge in [-0.3, -0.25) is 19.9 Å². The molecule has 1 rings (SSSR count). The molecule has 0 heterocycles. The standard InChI is InChI=1S/C48H90N2O3.C44H71NO5.C10H24N2O/c1-8-10-12-14-16-18-20-22-24-26-28-30-32-34-36-38-40-46(53-47(51)52-45-44-50(48(3,4)5)43-42-49(6)7)41-39-37-35-33-31-29-27-25-23-21-19-17-15-13-11-9-2;1-3-5-7-9-11-13-15-17-19-21-23-25-27-29-31-33-35-42(49-44(46)50-43-39-37-41(38-40-43)45(47)48)36-34-32-30-28-26-24-22-20-18-16-14-12-10-8-6-4-2;1-10(2,3)12(8-9-13)7-6-11(4)5/h16-19,22-25,46H,8-15,20-21,26-45H2,1-7H3;11-14,17-20,37-40,42H,3-10,15-16,21-36H2,1-2H3;13H,6-9H2,1-5H3/b18-16-,19-17-,24-22-,25-23-;13-11-,14-12-,19-17-,20-18-;.